The quantitative estimate of drug-likeness (QED) is 0.651. The van der Waals surface area contributed by atoms with Gasteiger partial charge >= 0.3 is 0 Å². The summed E-state index contributed by atoms with van der Waals surface area (Å²) in [6.07, 6.45) is 6.35. The van der Waals surface area contributed by atoms with Crippen molar-refractivity contribution in [3.05, 3.63) is 51.6 Å². The Hall–Kier alpha value is -1.37. The van der Waals surface area contributed by atoms with Gasteiger partial charge in [0.1, 0.15) is 0 Å². The van der Waals surface area contributed by atoms with Crippen LogP contribution in [0.5, 0.6) is 0 Å². The fourth-order valence-electron chi connectivity index (χ4n) is 1.72. The first kappa shape index (κ1) is 14.0. The van der Waals surface area contributed by atoms with Crippen LogP contribution in [0.3, 0.4) is 0 Å². The Labute approximate surface area is 126 Å². The molecule has 1 aromatic carbocycles. The third-order valence-electron chi connectivity index (χ3n) is 2.87. The second kappa shape index (κ2) is 6.70. The van der Waals surface area contributed by atoms with Crippen molar-refractivity contribution in [3.8, 4) is 0 Å². The Morgan fingerprint density at radius 1 is 1.47 bits per heavy atom. The van der Waals surface area contributed by atoms with E-state index in [1.165, 1.54) is 5.56 Å². The SMILES string of the molecule is Cc1ccc(C(=O)NCCCn2ccnc2)cc1I. The van der Waals surface area contributed by atoms with Crippen molar-refractivity contribution < 1.29 is 4.79 Å². The Balaban J connectivity index is 1.79. The summed E-state index contributed by atoms with van der Waals surface area (Å²) in [4.78, 5) is 15.9. The molecule has 19 heavy (non-hydrogen) atoms. The number of nitrogens with zero attached hydrogens (tertiary/aromatic N) is 2. The van der Waals surface area contributed by atoms with Gasteiger partial charge in [-0.15, -0.1) is 0 Å². The highest BCUT2D eigenvalue weighted by atomic mass is 127. The van der Waals surface area contributed by atoms with E-state index in [0.29, 0.717) is 6.54 Å². The second-order valence-corrected chi connectivity index (χ2v) is 5.54. The molecule has 0 aliphatic carbocycles. The number of hydrogen-bond donors (Lipinski definition) is 1. The Morgan fingerprint density at radius 2 is 2.32 bits per heavy atom. The van der Waals surface area contributed by atoms with Gasteiger partial charge in [0, 0.05) is 34.6 Å². The van der Waals surface area contributed by atoms with Gasteiger partial charge in [0.15, 0.2) is 0 Å². The molecule has 0 radical (unpaired) electrons. The monoisotopic (exact) mass is 369 g/mol. The Bertz CT molecular complexity index is 552. The number of aromatic nitrogens is 2. The van der Waals surface area contributed by atoms with Gasteiger partial charge in [-0.1, -0.05) is 6.07 Å². The van der Waals surface area contributed by atoms with Gasteiger partial charge in [0.25, 0.3) is 5.91 Å². The molecule has 0 bridgehead atoms. The predicted octanol–water partition coefficient (Wildman–Crippen LogP) is 2.62. The molecule has 2 rings (SSSR count). The van der Waals surface area contributed by atoms with Gasteiger partial charge in [-0.05, 0) is 53.6 Å². The maximum Gasteiger partial charge on any atom is 0.251 e. The minimum Gasteiger partial charge on any atom is -0.352 e. The van der Waals surface area contributed by atoms with Crippen molar-refractivity contribution in [2.75, 3.05) is 6.54 Å². The first-order valence-electron chi connectivity index (χ1n) is 6.17. The van der Waals surface area contributed by atoms with E-state index < -0.39 is 0 Å². The van der Waals surface area contributed by atoms with Crippen LogP contribution in [0.4, 0.5) is 0 Å². The van der Waals surface area contributed by atoms with Gasteiger partial charge in [0.2, 0.25) is 0 Å². The normalized spacial score (nSPS) is 10.4. The lowest BCUT2D eigenvalue weighted by atomic mass is 10.1. The van der Waals surface area contributed by atoms with Crippen LogP contribution in [0.15, 0.2) is 36.9 Å². The predicted molar refractivity (Wildman–Crippen MR) is 83.1 cm³/mol. The maximum atomic E-state index is 11.9. The molecule has 0 spiro atoms. The van der Waals surface area contributed by atoms with E-state index >= 15 is 0 Å². The summed E-state index contributed by atoms with van der Waals surface area (Å²) in [5, 5.41) is 2.93. The summed E-state index contributed by atoms with van der Waals surface area (Å²) in [5.74, 6) is -0.0106. The summed E-state index contributed by atoms with van der Waals surface area (Å²) in [5.41, 5.74) is 1.91. The molecule has 1 heterocycles. The zero-order chi connectivity index (χ0) is 13.7. The highest BCUT2D eigenvalue weighted by Gasteiger charge is 2.06. The molecule has 0 fully saturated rings. The molecule has 100 valence electrons. The number of benzene rings is 1. The summed E-state index contributed by atoms with van der Waals surface area (Å²) in [6, 6.07) is 5.76. The highest BCUT2D eigenvalue weighted by molar-refractivity contribution is 14.1. The zero-order valence-electron chi connectivity index (χ0n) is 10.8. The lowest BCUT2D eigenvalue weighted by Crippen LogP contribution is -2.25. The Morgan fingerprint density at radius 3 is 3.00 bits per heavy atom. The number of carbonyl (C=O) groups excluding carboxylic acids is 1. The molecule has 2 aromatic rings. The molecule has 4 nitrogen and oxygen atoms in total. The van der Waals surface area contributed by atoms with Crippen LogP contribution >= 0.6 is 22.6 Å². The molecular formula is C14H16IN3O. The van der Waals surface area contributed by atoms with Crippen LogP contribution in [0, 0.1) is 10.5 Å². The average molecular weight is 369 g/mol. The van der Waals surface area contributed by atoms with E-state index in [1.54, 1.807) is 12.5 Å². The molecule has 0 unspecified atom stereocenters. The average Bonchev–Trinajstić information content (AvgIpc) is 2.91. The van der Waals surface area contributed by atoms with E-state index in [4.69, 9.17) is 0 Å². The van der Waals surface area contributed by atoms with Gasteiger partial charge in [-0.3, -0.25) is 4.79 Å². The van der Waals surface area contributed by atoms with Crippen molar-refractivity contribution in [3.63, 3.8) is 0 Å². The number of aryl methyl sites for hydroxylation is 2. The van der Waals surface area contributed by atoms with Crippen LogP contribution in [-0.2, 0) is 6.54 Å². The number of nitrogens with one attached hydrogen (secondary N) is 1. The van der Waals surface area contributed by atoms with E-state index in [1.807, 2.05) is 35.9 Å². The molecule has 1 amide bonds. The standard InChI is InChI=1S/C14H16IN3O/c1-11-3-4-12(9-13(11)15)14(19)17-5-2-7-18-8-6-16-10-18/h3-4,6,8-10H,2,5,7H2,1H3,(H,17,19). The van der Waals surface area contributed by atoms with Crippen molar-refractivity contribution >= 4 is 28.5 Å². The van der Waals surface area contributed by atoms with E-state index in [9.17, 15) is 4.79 Å². The van der Waals surface area contributed by atoms with Crippen LogP contribution in [0.2, 0.25) is 0 Å². The summed E-state index contributed by atoms with van der Waals surface area (Å²) in [6.45, 7) is 3.57. The van der Waals surface area contributed by atoms with Crippen LogP contribution < -0.4 is 5.32 Å². The lowest BCUT2D eigenvalue weighted by Gasteiger charge is -2.07. The van der Waals surface area contributed by atoms with Gasteiger partial charge in [-0.25, -0.2) is 4.98 Å². The fourth-order valence-corrected chi connectivity index (χ4v) is 2.23. The first-order valence-corrected chi connectivity index (χ1v) is 7.25. The van der Waals surface area contributed by atoms with Crippen molar-refractivity contribution in [1.82, 2.24) is 14.9 Å². The molecule has 0 saturated carbocycles. The number of imidazole rings is 1. The van der Waals surface area contributed by atoms with Crippen LogP contribution in [-0.4, -0.2) is 22.0 Å². The second-order valence-electron chi connectivity index (χ2n) is 4.37. The minimum absolute atomic E-state index is 0.0106. The third kappa shape index (κ3) is 4.05. The molecule has 0 aliphatic rings. The Kier molecular flexibility index (Phi) is 4.95. The number of hydrogen-bond acceptors (Lipinski definition) is 2. The number of rotatable bonds is 5. The van der Waals surface area contributed by atoms with Crippen LogP contribution in [0.1, 0.15) is 22.3 Å². The molecule has 5 heteroatoms. The number of carbonyl (C=O) groups is 1. The highest BCUT2D eigenvalue weighted by Crippen LogP contribution is 2.13. The lowest BCUT2D eigenvalue weighted by molar-refractivity contribution is 0.0952. The minimum atomic E-state index is -0.0106. The van der Waals surface area contributed by atoms with Gasteiger partial charge < -0.3 is 9.88 Å². The molecule has 0 atom stereocenters. The van der Waals surface area contributed by atoms with Crippen molar-refractivity contribution in [2.24, 2.45) is 0 Å². The molecule has 0 aliphatic heterocycles. The summed E-state index contributed by atoms with van der Waals surface area (Å²) in [7, 11) is 0. The molecule has 1 aromatic heterocycles. The molecular weight excluding hydrogens is 353 g/mol. The van der Waals surface area contributed by atoms with Gasteiger partial charge in [-0.2, -0.15) is 0 Å². The third-order valence-corrected chi connectivity index (χ3v) is 4.03. The van der Waals surface area contributed by atoms with Gasteiger partial charge in [0.05, 0.1) is 6.33 Å². The molecule has 0 saturated heterocycles. The fraction of sp³-hybridized carbons (Fsp3) is 0.286. The summed E-state index contributed by atoms with van der Waals surface area (Å²) < 4.78 is 3.12. The van der Waals surface area contributed by atoms with Crippen molar-refractivity contribution in [1.29, 1.82) is 0 Å². The maximum absolute atomic E-state index is 11.9. The first-order chi connectivity index (χ1) is 9.16. The number of amides is 1. The number of halogens is 1. The van der Waals surface area contributed by atoms with Crippen LogP contribution in [0.25, 0.3) is 0 Å². The smallest absolute Gasteiger partial charge is 0.251 e. The van der Waals surface area contributed by atoms with E-state index in [-0.39, 0.29) is 5.91 Å². The largest absolute Gasteiger partial charge is 0.352 e. The van der Waals surface area contributed by atoms with E-state index in [2.05, 4.69) is 32.9 Å². The zero-order valence-corrected chi connectivity index (χ0v) is 12.9. The molecule has 1 N–H and O–H groups in total. The summed E-state index contributed by atoms with van der Waals surface area (Å²) >= 11 is 2.25. The topological polar surface area (TPSA) is 46.9 Å². The van der Waals surface area contributed by atoms with E-state index in [0.717, 1.165) is 22.1 Å². The van der Waals surface area contributed by atoms with Crippen molar-refractivity contribution in [2.45, 2.75) is 19.9 Å².